The minimum absolute atomic E-state index is 0.0370. The maximum Gasteiger partial charge on any atom is 0.220 e. The molecule has 1 unspecified atom stereocenters. The highest BCUT2D eigenvalue weighted by molar-refractivity contribution is 5.76. The summed E-state index contributed by atoms with van der Waals surface area (Å²) in [5, 5.41) is 3.04. The molecule has 1 aromatic rings. The molecule has 2 atom stereocenters. The van der Waals surface area contributed by atoms with Crippen LogP contribution in [0.5, 0.6) is 5.75 Å². The van der Waals surface area contributed by atoms with Crippen LogP contribution in [0.3, 0.4) is 0 Å². The molecule has 0 heterocycles. The van der Waals surface area contributed by atoms with Crippen LogP contribution in [0.4, 0.5) is 0 Å². The van der Waals surface area contributed by atoms with Crippen LogP contribution >= 0.6 is 0 Å². The summed E-state index contributed by atoms with van der Waals surface area (Å²) in [5.74, 6) is 1.67. The summed E-state index contributed by atoms with van der Waals surface area (Å²) in [6.45, 7) is 6.84. The van der Waals surface area contributed by atoms with Gasteiger partial charge in [-0.15, -0.1) is 0 Å². The molecule has 4 nitrogen and oxygen atoms in total. The molecular weight excluding hydrogens is 264 g/mol. The maximum absolute atomic E-state index is 12.1. The summed E-state index contributed by atoms with van der Waals surface area (Å²) >= 11 is 0. The molecule has 0 aliphatic rings. The summed E-state index contributed by atoms with van der Waals surface area (Å²) in [4.78, 5) is 12.1. The number of carbonyl (C=O) groups excluding carboxylic acids is 1. The normalized spacial score (nSPS) is 13.8. The molecule has 0 aliphatic heterocycles. The summed E-state index contributed by atoms with van der Waals surface area (Å²) in [5.41, 5.74) is 6.79. The van der Waals surface area contributed by atoms with Crippen LogP contribution < -0.4 is 15.8 Å². The Morgan fingerprint density at radius 2 is 2.05 bits per heavy atom. The number of nitrogens with one attached hydrogen (secondary N) is 1. The fourth-order valence-electron chi connectivity index (χ4n) is 2.49. The number of rotatable bonds is 8. The van der Waals surface area contributed by atoms with Crippen LogP contribution in [0.15, 0.2) is 24.3 Å². The predicted molar refractivity (Wildman–Crippen MR) is 86.2 cm³/mol. The number of ether oxygens (including phenoxy) is 1. The van der Waals surface area contributed by atoms with Gasteiger partial charge in [0.25, 0.3) is 0 Å². The Kier molecular flexibility index (Phi) is 7.23. The lowest BCUT2D eigenvalue weighted by Crippen LogP contribution is -2.30. The first-order valence-electron chi connectivity index (χ1n) is 7.59. The molecule has 0 spiro atoms. The van der Waals surface area contributed by atoms with Gasteiger partial charge in [0, 0.05) is 6.42 Å². The molecule has 0 bridgehead atoms. The smallest absolute Gasteiger partial charge is 0.220 e. The van der Waals surface area contributed by atoms with E-state index >= 15 is 0 Å². The van der Waals surface area contributed by atoms with Crippen LogP contribution in [-0.2, 0) is 4.79 Å². The van der Waals surface area contributed by atoms with Crippen LogP contribution in [0.1, 0.15) is 45.2 Å². The molecule has 1 aromatic carbocycles. The number of hydrogen-bond acceptors (Lipinski definition) is 3. The van der Waals surface area contributed by atoms with E-state index in [1.165, 1.54) is 0 Å². The Morgan fingerprint density at radius 3 is 2.62 bits per heavy atom. The predicted octanol–water partition coefficient (Wildman–Crippen LogP) is 2.88. The molecule has 118 valence electrons. The number of benzene rings is 1. The molecule has 0 fully saturated rings. The first kappa shape index (κ1) is 17.5. The third kappa shape index (κ3) is 6.17. The number of carbonyl (C=O) groups is 1. The molecule has 0 radical (unpaired) electrons. The van der Waals surface area contributed by atoms with Crippen LogP contribution in [0.25, 0.3) is 0 Å². The Labute approximate surface area is 128 Å². The Balaban J connectivity index is 2.56. The van der Waals surface area contributed by atoms with Gasteiger partial charge in [0.15, 0.2) is 0 Å². The maximum atomic E-state index is 12.1. The zero-order chi connectivity index (χ0) is 15.8. The van der Waals surface area contributed by atoms with Gasteiger partial charge in [-0.05, 0) is 49.4 Å². The second kappa shape index (κ2) is 8.67. The number of nitrogens with two attached hydrogens (primary N) is 1. The number of hydrogen-bond donors (Lipinski definition) is 2. The van der Waals surface area contributed by atoms with E-state index < -0.39 is 0 Å². The third-order valence-corrected chi connectivity index (χ3v) is 3.58. The van der Waals surface area contributed by atoms with E-state index in [-0.39, 0.29) is 17.9 Å². The highest BCUT2D eigenvalue weighted by Gasteiger charge is 2.16. The van der Waals surface area contributed by atoms with Crippen LogP contribution in [-0.4, -0.2) is 19.6 Å². The molecule has 21 heavy (non-hydrogen) atoms. The van der Waals surface area contributed by atoms with Crippen LogP contribution in [0.2, 0.25) is 0 Å². The minimum atomic E-state index is -0.0370. The van der Waals surface area contributed by atoms with Gasteiger partial charge >= 0.3 is 0 Å². The van der Waals surface area contributed by atoms with Gasteiger partial charge in [-0.2, -0.15) is 0 Å². The molecule has 1 rings (SSSR count). The van der Waals surface area contributed by atoms with Crippen molar-refractivity contribution in [1.82, 2.24) is 5.32 Å². The van der Waals surface area contributed by atoms with Crippen molar-refractivity contribution in [3.05, 3.63) is 29.8 Å². The molecule has 0 aromatic heterocycles. The lowest BCUT2D eigenvalue weighted by atomic mass is 9.94. The van der Waals surface area contributed by atoms with E-state index in [0.717, 1.165) is 17.7 Å². The van der Waals surface area contributed by atoms with Crippen molar-refractivity contribution in [2.45, 2.75) is 39.7 Å². The van der Waals surface area contributed by atoms with E-state index in [1.807, 2.05) is 31.2 Å². The molecule has 0 aliphatic carbocycles. The third-order valence-electron chi connectivity index (χ3n) is 3.58. The minimum Gasteiger partial charge on any atom is -0.497 e. The summed E-state index contributed by atoms with van der Waals surface area (Å²) in [7, 11) is 1.64. The van der Waals surface area contributed by atoms with Gasteiger partial charge in [0.2, 0.25) is 5.91 Å². The van der Waals surface area contributed by atoms with Gasteiger partial charge < -0.3 is 15.8 Å². The lowest BCUT2D eigenvalue weighted by Gasteiger charge is -2.19. The lowest BCUT2D eigenvalue weighted by molar-refractivity contribution is -0.122. The summed E-state index contributed by atoms with van der Waals surface area (Å²) < 4.78 is 5.21. The molecule has 1 amide bonds. The average molecular weight is 292 g/mol. The summed E-state index contributed by atoms with van der Waals surface area (Å²) in [6.07, 6.45) is 1.47. The topological polar surface area (TPSA) is 64.3 Å². The largest absolute Gasteiger partial charge is 0.497 e. The van der Waals surface area contributed by atoms with Gasteiger partial charge in [-0.1, -0.05) is 26.0 Å². The van der Waals surface area contributed by atoms with Gasteiger partial charge in [0.1, 0.15) is 5.75 Å². The average Bonchev–Trinajstić information content (AvgIpc) is 2.45. The van der Waals surface area contributed by atoms with Gasteiger partial charge in [-0.25, -0.2) is 0 Å². The second-order valence-corrected chi connectivity index (χ2v) is 6.00. The molecule has 0 saturated heterocycles. The highest BCUT2D eigenvalue weighted by atomic mass is 16.5. The Bertz CT molecular complexity index is 446. The van der Waals surface area contributed by atoms with E-state index in [2.05, 4.69) is 19.2 Å². The van der Waals surface area contributed by atoms with Crippen molar-refractivity contribution in [3.63, 3.8) is 0 Å². The van der Waals surface area contributed by atoms with E-state index in [9.17, 15) is 4.79 Å². The van der Waals surface area contributed by atoms with Crippen molar-refractivity contribution in [2.75, 3.05) is 13.7 Å². The first-order valence-corrected chi connectivity index (χ1v) is 7.59. The van der Waals surface area contributed by atoms with Gasteiger partial charge in [-0.3, -0.25) is 4.79 Å². The standard InChI is InChI=1S/C17H28N2O2/c1-12(2)8-14(11-18)9-17(20)19-13(3)15-6-5-7-16(10-15)21-4/h5-7,10,12-14H,8-9,11,18H2,1-4H3,(H,19,20)/t13-,14?/m0/s1. The number of methoxy groups -OCH3 is 1. The monoisotopic (exact) mass is 292 g/mol. The number of amides is 1. The zero-order valence-corrected chi connectivity index (χ0v) is 13.6. The van der Waals surface area contributed by atoms with Crippen molar-refractivity contribution in [2.24, 2.45) is 17.6 Å². The molecule has 0 saturated carbocycles. The van der Waals surface area contributed by atoms with Crippen LogP contribution in [0, 0.1) is 11.8 Å². The van der Waals surface area contributed by atoms with Gasteiger partial charge in [0.05, 0.1) is 13.2 Å². The zero-order valence-electron chi connectivity index (χ0n) is 13.6. The Hall–Kier alpha value is -1.55. The fourth-order valence-corrected chi connectivity index (χ4v) is 2.49. The fraction of sp³-hybridized carbons (Fsp3) is 0.588. The van der Waals surface area contributed by atoms with Crippen molar-refractivity contribution >= 4 is 5.91 Å². The van der Waals surface area contributed by atoms with E-state index in [4.69, 9.17) is 10.5 Å². The first-order chi connectivity index (χ1) is 9.96. The van der Waals surface area contributed by atoms with Crippen molar-refractivity contribution < 1.29 is 9.53 Å². The Morgan fingerprint density at radius 1 is 1.33 bits per heavy atom. The van der Waals surface area contributed by atoms with Crippen molar-refractivity contribution in [3.8, 4) is 5.75 Å². The molecular formula is C17H28N2O2. The second-order valence-electron chi connectivity index (χ2n) is 6.00. The highest BCUT2D eigenvalue weighted by Crippen LogP contribution is 2.20. The van der Waals surface area contributed by atoms with E-state index in [1.54, 1.807) is 7.11 Å². The van der Waals surface area contributed by atoms with Crippen molar-refractivity contribution in [1.29, 1.82) is 0 Å². The molecule has 4 heteroatoms. The van der Waals surface area contributed by atoms with E-state index in [0.29, 0.717) is 18.9 Å². The SMILES string of the molecule is COc1cccc([C@H](C)NC(=O)CC(CN)CC(C)C)c1. The molecule has 3 N–H and O–H groups in total. The quantitative estimate of drug-likeness (QED) is 0.774. The summed E-state index contributed by atoms with van der Waals surface area (Å²) in [6, 6.07) is 7.72.